The Morgan fingerprint density at radius 2 is 2.00 bits per heavy atom. The SMILES string of the molecule is COc1cccc(C=C(C#N)c2ccc([N+](=O)[O-])cc2)c1. The highest BCUT2D eigenvalue weighted by Gasteiger charge is 2.07. The average molecular weight is 280 g/mol. The molecule has 21 heavy (non-hydrogen) atoms. The van der Waals surface area contributed by atoms with Gasteiger partial charge in [-0.3, -0.25) is 10.1 Å². The summed E-state index contributed by atoms with van der Waals surface area (Å²) in [5.41, 5.74) is 1.88. The second-order valence-corrected chi connectivity index (χ2v) is 4.25. The van der Waals surface area contributed by atoms with Crippen molar-refractivity contribution in [2.45, 2.75) is 0 Å². The first-order valence-corrected chi connectivity index (χ1v) is 6.14. The van der Waals surface area contributed by atoms with Crippen LogP contribution in [0, 0.1) is 21.4 Å². The lowest BCUT2D eigenvalue weighted by Gasteiger charge is -2.02. The van der Waals surface area contributed by atoms with Gasteiger partial charge in [-0.15, -0.1) is 0 Å². The molecular formula is C16H12N2O3. The molecule has 0 spiro atoms. The third kappa shape index (κ3) is 3.45. The molecule has 2 aromatic rings. The number of non-ortho nitro benzene ring substituents is 1. The molecule has 0 bridgehead atoms. The molecule has 0 aliphatic rings. The molecular weight excluding hydrogens is 268 g/mol. The van der Waals surface area contributed by atoms with Crippen LogP contribution in [0.2, 0.25) is 0 Å². The molecule has 0 aromatic heterocycles. The maximum Gasteiger partial charge on any atom is 0.269 e. The van der Waals surface area contributed by atoms with E-state index in [0.29, 0.717) is 16.9 Å². The molecule has 0 saturated heterocycles. The van der Waals surface area contributed by atoms with Gasteiger partial charge in [0.15, 0.2) is 0 Å². The van der Waals surface area contributed by atoms with Gasteiger partial charge in [-0.25, -0.2) is 0 Å². The molecule has 5 nitrogen and oxygen atoms in total. The number of nitro benzene ring substituents is 1. The Hall–Kier alpha value is -3.13. The summed E-state index contributed by atoms with van der Waals surface area (Å²) in [7, 11) is 1.57. The summed E-state index contributed by atoms with van der Waals surface area (Å²) in [6, 6.07) is 15.3. The van der Waals surface area contributed by atoms with Crippen LogP contribution in [0.1, 0.15) is 11.1 Å². The van der Waals surface area contributed by atoms with E-state index in [1.807, 2.05) is 24.3 Å². The molecule has 2 aromatic carbocycles. The molecule has 0 aliphatic carbocycles. The van der Waals surface area contributed by atoms with Crippen LogP contribution in [0.3, 0.4) is 0 Å². The summed E-state index contributed by atoms with van der Waals surface area (Å²) in [6.45, 7) is 0. The number of allylic oxidation sites excluding steroid dienone is 1. The van der Waals surface area contributed by atoms with Crippen LogP contribution in [0.5, 0.6) is 5.75 Å². The predicted octanol–water partition coefficient (Wildman–Crippen LogP) is 3.67. The fraction of sp³-hybridized carbons (Fsp3) is 0.0625. The molecule has 0 heterocycles. The van der Waals surface area contributed by atoms with Crippen molar-refractivity contribution in [1.29, 1.82) is 5.26 Å². The highest BCUT2D eigenvalue weighted by atomic mass is 16.6. The Kier molecular flexibility index (Phi) is 4.32. The molecule has 0 atom stereocenters. The Morgan fingerprint density at radius 1 is 1.29 bits per heavy atom. The molecule has 2 rings (SSSR count). The summed E-state index contributed by atoms with van der Waals surface area (Å²) in [4.78, 5) is 10.2. The maximum absolute atomic E-state index is 10.6. The molecule has 0 N–H and O–H groups in total. The highest BCUT2D eigenvalue weighted by molar-refractivity contribution is 5.89. The first-order valence-electron chi connectivity index (χ1n) is 6.14. The van der Waals surface area contributed by atoms with Crippen molar-refractivity contribution in [3.63, 3.8) is 0 Å². The van der Waals surface area contributed by atoms with Crippen molar-refractivity contribution in [3.05, 3.63) is 69.8 Å². The average Bonchev–Trinajstić information content (AvgIpc) is 2.53. The predicted molar refractivity (Wildman–Crippen MR) is 79.6 cm³/mol. The maximum atomic E-state index is 10.6. The van der Waals surface area contributed by atoms with Gasteiger partial charge in [0.05, 0.1) is 23.7 Å². The number of nitriles is 1. The van der Waals surface area contributed by atoms with Crippen LogP contribution < -0.4 is 4.74 Å². The fourth-order valence-electron chi connectivity index (χ4n) is 1.84. The van der Waals surface area contributed by atoms with Crippen molar-refractivity contribution in [1.82, 2.24) is 0 Å². The number of nitrogens with zero attached hydrogens (tertiary/aromatic N) is 2. The van der Waals surface area contributed by atoms with E-state index >= 15 is 0 Å². The Labute approximate surface area is 121 Å². The molecule has 0 fully saturated rings. The smallest absolute Gasteiger partial charge is 0.269 e. The molecule has 0 amide bonds. The largest absolute Gasteiger partial charge is 0.497 e. The normalized spacial score (nSPS) is 10.8. The molecule has 0 saturated carbocycles. The summed E-state index contributed by atoms with van der Waals surface area (Å²) in [6.07, 6.45) is 1.71. The van der Waals surface area contributed by atoms with Crippen LogP contribution in [0.25, 0.3) is 11.6 Å². The second kappa shape index (κ2) is 6.35. The van der Waals surface area contributed by atoms with Gasteiger partial charge in [-0.2, -0.15) is 5.26 Å². The molecule has 0 radical (unpaired) electrons. The lowest BCUT2D eigenvalue weighted by atomic mass is 10.0. The second-order valence-electron chi connectivity index (χ2n) is 4.25. The lowest BCUT2D eigenvalue weighted by Crippen LogP contribution is -1.88. The van der Waals surface area contributed by atoms with E-state index in [-0.39, 0.29) is 5.69 Å². The summed E-state index contributed by atoms with van der Waals surface area (Å²) in [5.74, 6) is 0.699. The third-order valence-corrected chi connectivity index (χ3v) is 2.91. The van der Waals surface area contributed by atoms with E-state index in [9.17, 15) is 15.4 Å². The van der Waals surface area contributed by atoms with Crippen molar-refractivity contribution < 1.29 is 9.66 Å². The van der Waals surface area contributed by atoms with Gasteiger partial charge >= 0.3 is 0 Å². The van der Waals surface area contributed by atoms with E-state index in [4.69, 9.17) is 4.74 Å². The number of hydrogen-bond acceptors (Lipinski definition) is 4. The van der Waals surface area contributed by atoms with Gasteiger partial charge in [0.25, 0.3) is 5.69 Å². The minimum atomic E-state index is -0.471. The number of methoxy groups -OCH3 is 1. The van der Waals surface area contributed by atoms with Crippen LogP contribution in [-0.4, -0.2) is 12.0 Å². The van der Waals surface area contributed by atoms with Crippen LogP contribution in [0.4, 0.5) is 5.69 Å². The monoisotopic (exact) mass is 280 g/mol. The first-order chi connectivity index (χ1) is 10.1. The van der Waals surface area contributed by atoms with Crippen molar-refractivity contribution in [2.24, 2.45) is 0 Å². The van der Waals surface area contributed by atoms with Gasteiger partial charge in [0.1, 0.15) is 5.75 Å². The number of nitro groups is 1. The summed E-state index contributed by atoms with van der Waals surface area (Å²) >= 11 is 0. The van der Waals surface area contributed by atoms with E-state index in [0.717, 1.165) is 5.56 Å². The minimum Gasteiger partial charge on any atom is -0.497 e. The zero-order valence-corrected chi connectivity index (χ0v) is 11.3. The van der Waals surface area contributed by atoms with E-state index < -0.39 is 4.92 Å². The van der Waals surface area contributed by atoms with Gasteiger partial charge in [0.2, 0.25) is 0 Å². The van der Waals surface area contributed by atoms with Gasteiger partial charge in [-0.1, -0.05) is 12.1 Å². The third-order valence-electron chi connectivity index (χ3n) is 2.91. The molecule has 5 heteroatoms. The van der Waals surface area contributed by atoms with E-state index in [1.54, 1.807) is 25.3 Å². The fourth-order valence-corrected chi connectivity index (χ4v) is 1.84. The topological polar surface area (TPSA) is 76.2 Å². The Morgan fingerprint density at radius 3 is 2.57 bits per heavy atom. The first kappa shape index (κ1) is 14.3. The summed E-state index contributed by atoms with van der Waals surface area (Å²) in [5, 5.41) is 19.9. The van der Waals surface area contributed by atoms with Crippen molar-refractivity contribution >= 4 is 17.3 Å². The molecule has 0 unspecified atom stereocenters. The quantitative estimate of drug-likeness (QED) is 0.370. The van der Waals surface area contributed by atoms with E-state index in [2.05, 4.69) is 6.07 Å². The van der Waals surface area contributed by atoms with Crippen LogP contribution in [-0.2, 0) is 0 Å². The minimum absolute atomic E-state index is 0.00239. The van der Waals surface area contributed by atoms with Gasteiger partial charge in [0, 0.05) is 12.1 Å². The zero-order valence-electron chi connectivity index (χ0n) is 11.3. The Balaban J connectivity index is 2.36. The summed E-state index contributed by atoms with van der Waals surface area (Å²) < 4.78 is 5.13. The number of rotatable bonds is 4. The number of hydrogen-bond donors (Lipinski definition) is 0. The van der Waals surface area contributed by atoms with Crippen molar-refractivity contribution in [2.75, 3.05) is 7.11 Å². The number of benzene rings is 2. The molecule has 0 aliphatic heterocycles. The lowest BCUT2D eigenvalue weighted by molar-refractivity contribution is -0.384. The van der Waals surface area contributed by atoms with E-state index in [1.165, 1.54) is 12.1 Å². The van der Waals surface area contributed by atoms with Gasteiger partial charge in [-0.05, 0) is 41.5 Å². The highest BCUT2D eigenvalue weighted by Crippen LogP contribution is 2.22. The molecule has 104 valence electrons. The van der Waals surface area contributed by atoms with Crippen LogP contribution in [0.15, 0.2) is 48.5 Å². The van der Waals surface area contributed by atoms with Crippen molar-refractivity contribution in [3.8, 4) is 11.8 Å². The zero-order chi connectivity index (χ0) is 15.2. The van der Waals surface area contributed by atoms with Crippen LogP contribution >= 0.6 is 0 Å². The standard InChI is InChI=1S/C16H12N2O3/c1-21-16-4-2-3-12(10-16)9-14(11-17)13-5-7-15(8-6-13)18(19)20/h2-10H,1H3. The van der Waals surface area contributed by atoms with Gasteiger partial charge < -0.3 is 4.74 Å². The number of ether oxygens (including phenoxy) is 1. The Bertz CT molecular complexity index is 728.